The van der Waals surface area contributed by atoms with E-state index >= 15 is 0 Å². The summed E-state index contributed by atoms with van der Waals surface area (Å²) in [5.41, 5.74) is 4.52. The fourth-order valence-corrected chi connectivity index (χ4v) is 1.69. The van der Waals surface area contributed by atoms with Gasteiger partial charge in [-0.15, -0.1) is 0 Å². The maximum absolute atomic E-state index is 13.3. The van der Waals surface area contributed by atoms with E-state index < -0.39 is 37.0 Å². The molecule has 0 spiro atoms. The van der Waals surface area contributed by atoms with Gasteiger partial charge in [-0.05, 0) is 6.07 Å². The first-order chi connectivity index (χ1) is 7.94. The first-order valence-electron chi connectivity index (χ1n) is 4.93. The second-order valence-corrected chi connectivity index (χ2v) is 3.77. The molecule has 8 heteroatoms. The summed E-state index contributed by atoms with van der Waals surface area (Å²) in [7, 11) is 0. The number of ether oxygens (including phenoxy) is 1. The zero-order valence-corrected chi connectivity index (χ0v) is 8.72. The average molecular weight is 247 g/mol. The second-order valence-electron chi connectivity index (χ2n) is 3.77. The van der Waals surface area contributed by atoms with E-state index in [0.29, 0.717) is 0 Å². The molecule has 2 atom stereocenters. The Balaban J connectivity index is 2.29. The van der Waals surface area contributed by atoms with Crippen LogP contribution >= 0.6 is 0 Å². The Morgan fingerprint density at radius 2 is 2.41 bits per heavy atom. The largest absolute Gasteiger partial charge is 0.393 e. The summed E-state index contributed by atoms with van der Waals surface area (Å²) in [5.74, 6) is -3.16. The molecule has 0 unspecified atom stereocenters. The van der Waals surface area contributed by atoms with Gasteiger partial charge < -0.3 is 15.6 Å². The minimum Gasteiger partial charge on any atom is -0.393 e. The van der Waals surface area contributed by atoms with Crippen LogP contribution in [0.1, 0.15) is 12.6 Å². The molecule has 0 radical (unpaired) electrons. The number of anilines is 1. The number of hydrogen-bond acceptors (Lipinski definition) is 5. The van der Waals surface area contributed by atoms with E-state index in [1.807, 2.05) is 0 Å². The minimum absolute atomic E-state index is 0.00900. The van der Waals surface area contributed by atoms with Gasteiger partial charge in [0.15, 0.2) is 0 Å². The monoisotopic (exact) mass is 247 g/mol. The quantitative estimate of drug-likeness (QED) is 0.751. The molecule has 1 aromatic rings. The molecule has 1 aliphatic rings. The molecule has 17 heavy (non-hydrogen) atoms. The number of aliphatic hydroxyl groups excluding tert-OH is 1. The van der Waals surface area contributed by atoms with Crippen molar-refractivity contribution in [1.29, 1.82) is 0 Å². The van der Waals surface area contributed by atoms with Gasteiger partial charge in [0.25, 0.3) is 5.92 Å². The summed E-state index contributed by atoms with van der Waals surface area (Å²) in [5, 5.41) is 8.75. The third kappa shape index (κ3) is 2.13. The zero-order chi connectivity index (χ0) is 12.6. The van der Waals surface area contributed by atoms with Gasteiger partial charge in [-0.3, -0.25) is 4.57 Å². The molecule has 0 aliphatic carbocycles. The summed E-state index contributed by atoms with van der Waals surface area (Å²) in [6.45, 7) is -0.805. The van der Waals surface area contributed by atoms with Crippen LogP contribution in [0.4, 0.5) is 14.6 Å². The van der Waals surface area contributed by atoms with E-state index in [-0.39, 0.29) is 5.82 Å². The standard InChI is InChI=1S/C9H11F2N3O3/c10-9(11)3-7(17-5(9)4-15)14-2-1-6(12)13-8(14)16/h1-2,5,7,15H,3-4H2,(H2,12,13,16)/t5-,7-/m0/s1. The van der Waals surface area contributed by atoms with E-state index in [9.17, 15) is 13.6 Å². The lowest BCUT2D eigenvalue weighted by Gasteiger charge is -2.14. The Hall–Kier alpha value is -1.54. The van der Waals surface area contributed by atoms with Gasteiger partial charge in [-0.1, -0.05) is 0 Å². The predicted octanol–water partition coefficient (Wildman–Crippen LogP) is -0.259. The molecular weight excluding hydrogens is 236 g/mol. The number of nitrogens with two attached hydrogens (primary N) is 1. The van der Waals surface area contributed by atoms with E-state index in [0.717, 1.165) is 4.57 Å². The van der Waals surface area contributed by atoms with Crippen molar-refractivity contribution >= 4 is 5.82 Å². The van der Waals surface area contributed by atoms with Crippen LogP contribution in [0.25, 0.3) is 0 Å². The Kier molecular flexibility index (Phi) is 2.84. The maximum Gasteiger partial charge on any atom is 0.351 e. The summed E-state index contributed by atoms with van der Waals surface area (Å²) < 4.78 is 32.5. The number of nitrogens with zero attached hydrogens (tertiary/aromatic N) is 2. The second kappa shape index (κ2) is 4.04. The van der Waals surface area contributed by atoms with E-state index in [2.05, 4.69) is 4.98 Å². The topological polar surface area (TPSA) is 90.4 Å². The molecule has 0 aromatic carbocycles. The molecule has 6 nitrogen and oxygen atoms in total. The van der Waals surface area contributed by atoms with Gasteiger partial charge in [0.1, 0.15) is 18.1 Å². The highest BCUT2D eigenvalue weighted by molar-refractivity contribution is 5.23. The molecule has 1 saturated heterocycles. The molecule has 1 aliphatic heterocycles. The van der Waals surface area contributed by atoms with Gasteiger partial charge >= 0.3 is 5.69 Å². The molecule has 1 fully saturated rings. The van der Waals surface area contributed by atoms with Crippen LogP contribution in [0.5, 0.6) is 0 Å². The van der Waals surface area contributed by atoms with Crippen molar-refractivity contribution in [1.82, 2.24) is 9.55 Å². The van der Waals surface area contributed by atoms with Crippen LogP contribution in [0.3, 0.4) is 0 Å². The Bertz CT molecular complexity index is 477. The summed E-state index contributed by atoms with van der Waals surface area (Å²) >= 11 is 0. The van der Waals surface area contributed by atoms with Gasteiger partial charge in [-0.2, -0.15) is 4.98 Å². The average Bonchev–Trinajstić information content (AvgIpc) is 2.53. The molecule has 2 rings (SSSR count). The Labute approximate surface area is 94.6 Å². The minimum atomic E-state index is -3.17. The fourth-order valence-electron chi connectivity index (χ4n) is 1.69. The summed E-state index contributed by atoms with van der Waals surface area (Å²) in [6, 6.07) is 1.31. The number of hydrogen-bond donors (Lipinski definition) is 2. The normalized spacial score (nSPS) is 27.2. The van der Waals surface area contributed by atoms with Crippen molar-refractivity contribution < 1.29 is 18.6 Å². The Morgan fingerprint density at radius 1 is 1.71 bits per heavy atom. The molecule has 0 saturated carbocycles. The number of rotatable bonds is 2. The smallest absolute Gasteiger partial charge is 0.351 e. The van der Waals surface area contributed by atoms with Crippen molar-refractivity contribution in [3.05, 3.63) is 22.7 Å². The van der Waals surface area contributed by atoms with E-state index in [1.165, 1.54) is 12.3 Å². The predicted molar refractivity (Wildman–Crippen MR) is 53.5 cm³/mol. The lowest BCUT2D eigenvalue weighted by molar-refractivity contribution is -0.102. The number of aliphatic hydroxyl groups is 1. The van der Waals surface area contributed by atoms with Crippen LogP contribution in [0.15, 0.2) is 17.1 Å². The summed E-state index contributed by atoms with van der Waals surface area (Å²) in [4.78, 5) is 14.8. The molecule has 94 valence electrons. The van der Waals surface area contributed by atoms with Crippen molar-refractivity contribution in [2.75, 3.05) is 12.3 Å². The van der Waals surface area contributed by atoms with Crippen molar-refractivity contribution in [3.63, 3.8) is 0 Å². The zero-order valence-electron chi connectivity index (χ0n) is 8.72. The van der Waals surface area contributed by atoms with Gasteiger partial charge in [0.05, 0.1) is 13.0 Å². The molecule has 3 N–H and O–H groups in total. The lowest BCUT2D eigenvalue weighted by Crippen LogP contribution is -2.31. The van der Waals surface area contributed by atoms with Crippen molar-refractivity contribution in [2.45, 2.75) is 24.7 Å². The highest BCUT2D eigenvalue weighted by Gasteiger charge is 2.50. The van der Waals surface area contributed by atoms with Gasteiger partial charge in [0.2, 0.25) is 0 Å². The third-order valence-corrected chi connectivity index (χ3v) is 2.57. The van der Waals surface area contributed by atoms with E-state index in [4.69, 9.17) is 15.6 Å². The maximum atomic E-state index is 13.3. The van der Waals surface area contributed by atoms with Crippen LogP contribution in [-0.2, 0) is 4.74 Å². The van der Waals surface area contributed by atoms with Gasteiger partial charge in [0, 0.05) is 6.20 Å². The molecule has 1 aromatic heterocycles. The molecule has 0 amide bonds. The fraction of sp³-hybridized carbons (Fsp3) is 0.556. The van der Waals surface area contributed by atoms with Crippen molar-refractivity contribution in [3.8, 4) is 0 Å². The summed E-state index contributed by atoms with van der Waals surface area (Å²) in [6.07, 6.45) is -2.17. The Morgan fingerprint density at radius 3 is 2.94 bits per heavy atom. The van der Waals surface area contributed by atoms with Crippen LogP contribution < -0.4 is 11.4 Å². The SMILES string of the molecule is Nc1ccn([C@@H]2CC(F)(F)[C@H](CO)O2)c(=O)n1. The number of nitrogen functional groups attached to an aromatic ring is 1. The first kappa shape index (κ1) is 11.9. The number of aromatic nitrogens is 2. The highest BCUT2D eigenvalue weighted by atomic mass is 19.3. The lowest BCUT2D eigenvalue weighted by atomic mass is 10.2. The van der Waals surface area contributed by atoms with Crippen LogP contribution in [0, 0.1) is 0 Å². The van der Waals surface area contributed by atoms with Crippen molar-refractivity contribution in [2.24, 2.45) is 0 Å². The van der Waals surface area contributed by atoms with Crippen LogP contribution in [-0.4, -0.2) is 33.3 Å². The van der Waals surface area contributed by atoms with Crippen LogP contribution in [0.2, 0.25) is 0 Å². The van der Waals surface area contributed by atoms with E-state index in [1.54, 1.807) is 0 Å². The number of alkyl halides is 2. The van der Waals surface area contributed by atoms with Gasteiger partial charge in [-0.25, -0.2) is 13.6 Å². The molecule has 0 bridgehead atoms. The molecular formula is C9H11F2N3O3. The highest BCUT2D eigenvalue weighted by Crippen LogP contribution is 2.39. The molecule has 2 heterocycles. The first-order valence-corrected chi connectivity index (χ1v) is 4.93. The number of halogens is 2. The third-order valence-electron chi connectivity index (χ3n) is 2.57.